The van der Waals surface area contributed by atoms with Crippen molar-refractivity contribution >= 4 is 11.7 Å². The van der Waals surface area contributed by atoms with Gasteiger partial charge in [-0.05, 0) is 12.1 Å². The summed E-state index contributed by atoms with van der Waals surface area (Å²) in [5, 5.41) is 10.8. The van der Waals surface area contributed by atoms with Gasteiger partial charge in [0.1, 0.15) is 19.3 Å². The lowest BCUT2D eigenvalue weighted by Gasteiger charge is -2.21. The maximum atomic E-state index is 10.8. The summed E-state index contributed by atoms with van der Waals surface area (Å²) in [4.78, 5) is 13.9. The zero-order valence-corrected chi connectivity index (χ0v) is 8.69. The van der Waals surface area contributed by atoms with E-state index < -0.39 is 5.97 Å². The van der Waals surface area contributed by atoms with E-state index in [-0.39, 0.29) is 5.92 Å². The van der Waals surface area contributed by atoms with Crippen LogP contribution in [0, 0.1) is 5.92 Å². The van der Waals surface area contributed by atoms with Crippen molar-refractivity contribution in [1.29, 1.82) is 0 Å². The third-order valence-electron chi connectivity index (χ3n) is 2.96. The Hall–Kier alpha value is -1.58. The van der Waals surface area contributed by atoms with Crippen LogP contribution in [0.2, 0.25) is 0 Å². The van der Waals surface area contributed by atoms with Crippen molar-refractivity contribution in [2.24, 2.45) is 5.92 Å². The molecule has 1 N–H and O–H groups in total. The minimum atomic E-state index is -0.938. The molecule has 1 aromatic rings. The van der Waals surface area contributed by atoms with Gasteiger partial charge < -0.3 is 14.9 Å². The molecule has 0 amide bonds. The van der Waals surface area contributed by atoms with Crippen molar-refractivity contribution in [2.45, 2.75) is 12.8 Å². The van der Waals surface area contributed by atoms with Gasteiger partial charge in [0.15, 0.2) is 5.71 Å². The first-order valence-electron chi connectivity index (χ1n) is 5.10. The standard InChI is InChI=1S/C11H14N2O2/c1-13-6-4-8(11(14)15)7-10(13)9-3-2-5-12-9/h2-3,5,8H,4,6-7H2,1H3,(H,14,15). The van der Waals surface area contributed by atoms with Crippen LogP contribution < -0.4 is 5.11 Å². The predicted molar refractivity (Wildman–Crippen MR) is 53.7 cm³/mol. The lowest BCUT2D eigenvalue weighted by molar-refractivity contribution is -0.504. The molecule has 0 aromatic carbocycles. The fourth-order valence-corrected chi connectivity index (χ4v) is 2.00. The molecular formula is C11H14N2O2. The number of nitrogens with one attached hydrogen (secondary N) is 1. The van der Waals surface area contributed by atoms with Crippen LogP contribution in [0.4, 0.5) is 0 Å². The third-order valence-corrected chi connectivity index (χ3v) is 2.96. The molecule has 0 fully saturated rings. The summed E-state index contributed by atoms with van der Waals surface area (Å²) in [5.41, 5.74) is 2.06. The molecule has 15 heavy (non-hydrogen) atoms. The Kier molecular flexibility index (Phi) is 2.58. The largest absolute Gasteiger partial charge is 0.550 e. The molecule has 1 aromatic heterocycles. The molecule has 0 aliphatic carbocycles. The second-order valence-corrected chi connectivity index (χ2v) is 3.96. The molecule has 4 heteroatoms. The van der Waals surface area contributed by atoms with E-state index in [1.807, 2.05) is 25.4 Å². The van der Waals surface area contributed by atoms with Gasteiger partial charge >= 0.3 is 0 Å². The highest BCUT2D eigenvalue weighted by atomic mass is 16.4. The summed E-state index contributed by atoms with van der Waals surface area (Å²) in [7, 11) is 1.99. The lowest BCUT2D eigenvalue weighted by atomic mass is 9.93. The molecule has 2 heterocycles. The summed E-state index contributed by atoms with van der Waals surface area (Å²) in [6.07, 6.45) is 3.07. The number of aliphatic carboxylic acids is 1. The number of hydrogen-bond donors (Lipinski definition) is 1. The fraction of sp³-hybridized carbons (Fsp3) is 0.455. The fourth-order valence-electron chi connectivity index (χ4n) is 2.00. The van der Waals surface area contributed by atoms with Gasteiger partial charge in [-0.3, -0.25) is 0 Å². The minimum Gasteiger partial charge on any atom is -0.550 e. The smallest absolute Gasteiger partial charge is 0.200 e. The minimum absolute atomic E-state index is 0.348. The summed E-state index contributed by atoms with van der Waals surface area (Å²) < 4.78 is 2.10. The van der Waals surface area contributed by atoms with Gasteiger partial charge in [0.2, 0.25) is 0 Å². The number of carboxylic acid groups (broad SMARTS) is 1. The van der Waals surface area contributed by atoms with E-state index in [2.05, 4.69) is 9.56 Å². The third kappa shape index (κ3) is 1.93. The van der Waals surface area contributed by atoms with Crippen LogP contribution in [0.25, 0.3) is 0 Å². The number of nitrogens with zero attached hydrogens (tertiary/aromatic N) is 1. The number of rotatable bonds is 2. The first kappa shape index (κ1) is 9.96. The Bertz CT molecular complexity index is 393. The maximum absolute atomic E-state index is 10.8. The van der Waals surface area contributed by atoms with Crippen LogP contribution in [0.3, 0.4) is 0 Å². The zero-order valence-electron chi connectivity index (χ0n) is 8.69. The highest BCUT2D eigenvalue weighted by Gasteiger charge is 2.27. The van der Waals surface area contributed by atoms with E-state index in [1.54, 1.807) is 0 Å². The quantitative estimate of drug-likeness (QED) is 0.670. The molecule has 2 rings (SSSR count). The van der Waals surface area contributed by atoms with E-state index in [4.69, 9.17) is 0 Å². The molecule has 0 saturated heterocycles. The SMILES string of the molecule is C[N+]1=C(c2ccc[nH]2)CC(C(=O)[O-])CC1. The van der Waals surface area contributed by atoms with Crippen LogP contribution in [0.15, 0.2) is 18.3 Å². The van der Waals surface area contributed by atoms with Crippen molar-refractivity contribution in [3.05, 3.63) is 24.0 Å². The normalized spacial score (nSPS) is 21.8. The second-order valence-electron chi connectivity index (χ2n) is 3.96. The van der Waals surface area contributed by atoms with Crippen molar-refractivity contribution in [3.8, 4) is 0 Å². The molecule has 1 unspecified atom stereocenters. The molecular weight excluding hydrogens is 192 g/mol. The van der Waals surface area contributed by atoms with E-state index in [0.717, 1.165) is 18.0 Å². The molecule has 0 bridgehead atoms. The summed E-state index contributed by atoms with van der Waals surface area (Å²) in [6, 6.07) is 3.88. The Balaban J connectivity index is 2.26. The molecule has 0 saturated carbocycles. The van der Waals surface area contributed by atoms with Crippen molar-refractivity contribution in [3.63, 3.8) is 0 Å². The van der Waals surface area contributed by atoms with Gasteiger partial charge in [0, 0.05) is 30.9 Å². The maximum Gasteiger partial charge on any atom is 0.200 e. The molecule has 1 aliphatic heterocycles. The van der Waals surface area contributed by atoms with E-state index in [9.17, 15) is 9.90 Å². The van der Waals surface area contributed by atoms with Gasteiger partial charge in [-0.1, -0.05) is 0 Å². The van der Waals surface area contributed by atoms with Crippen molar-refractivity contribution in [2.75, 3.05) is 13.6 Å². The van der Waals surface area contributed by atoms with Gasteiger partial charge in [-0.15, -0.1) is 0 Å². The number of aromatic nitrogens is 1. The highest BCUT2D eigenvalue weighted by Crippen LogP contribution is 2.17. The van der Waals surface area contributed by atoms with E-state index >= 15 is 0 Å². The van der Waals surface area contributed by atoms with Gasteiger partial charge in [0.05, 0.1) is 0 Å². The van der Waals surface area contributed by atoms with Gasteiger partial charge in [-0.25, -0.2) is 4.58 Å². The van der Waals surface area contributed by atoms with Crippen LogP contribution >= 0.6 is 0 Å². The van der Waals surface area contributed by atoms with Crippen molar-refractivity contribution in [1.82, 2.24) is 4.98 Å². The predicted octanol–water partition coefficient (Wildman–Crippen LogP) is -0.394. The van der Waals surface area contributed by atoms with Crippen LogP contribution in [0.1, 0.15) is 18.5 Å². The Labute approximate surface area is 88.3 Å². The number of hydrogen-bond acceptors (Lipinski definition) is 2. The topological polar surface area (TPSA) is 58.9 Å². The molecule has 0 spiro atoms. The molecule has 1 aliphatic rings. The Morgan fingerprint density at radius 1 is 1.67 bits per heavy atom. The number of H-pyrrole nitrogens is 1. The average molecular weight is 206 g/mol. The highest BCUT2D eigenvalue weighted by molar-refractivity contribution is 5.97. The van der Waals surface area contributed by atoms with Crippen LogP contribution in [-0.2, 0) is 4.79 Å². The number of carbonyl (C=O) groups is 1. The monoisotopic (exact) mass is 206 g/mol. The summed E-state index contributed by atoms with van der Waals surface area (Å²) in [6.45, 7) is 0.771. The summed E-state index contributed by atoms with van der Waals surface area (Å²) in [5.74, 6) is -1.29. The molecule has 80 valence electrons. The first-order chi connectivity index (χ1) is 7.18. The second kappa shape index (κ2) is 3.88. The van der Waals surface area contributed by atoms with Gasteiger partial charge in [-0.2, -0.15) is 0 Å². The number of aromatic amines is 1. The number of carbonyl (C=O) groups excluding carboxylic acids is 1. The van der Waals surface area contributed by atoms with E-state index in [1.165, 1.54) is 0 Å². The van der Waals surface area contributed by atoms with Crippen molar-refractivity contribution < 1.29 is 14.5 Å². The number of carboxylic acids is 1. The average Bonchev–Trinajstić information content (AvgIpc) is 2.71. The molecule has 1 atom stereocenters. The first-order valence-corrected chi connectivity index (χ1v) is 5.10. The lowest BCUT2D eigenvalue weighted by Crippen LogP contribution is -2.39. The van der Waals surface area contributed by atoms with Crippen LogP contribution in [0.5, 0.6) is 0 Å². The summed E-state index contributed by atoms with van der Waals surface area (Å²) >= 11 is 0. The Morgan fingerprint density at radius 2 is 2.47 bits per heavy atom. The van der Waals surface area contributed by atoms with Crippen LogP contribution in [-0.4, -0.2) is 34.8 Å². The molecule has 4 nitrogen and oxygen atoms in total. The molecule has 0 radical (unpaired) electrons. The van der Waals surface area contributed by atoms with Gasteiger partial charge in [0.25, 0.3) is 0 Å². The van der Waals surface area contributed by atoms with E-state index in [0.29, 0.717) is 12.8 Å². The Morgan fingerprint density at radius 3 is 3.07 bits per heavy atom. The zero-order chi connectivity index (χ0) is 10.8.